The van der Waals surface area contributed by atoms with Crippen molar-refractivity contribution in [1.82, 2.24) is 15.5 Å². The summed E-state index contributed by atoms with van der Waals surface area (Å²) < 4.78 is 0. The van der Waals surface area contributed by atoms with Crippen LogP contribution in [0.15, 0.2) is 71.7 Å². The molecule has 0 saturated carbocycles. The summed E-state index contributed by atoms with van der Waals surface area (Å²) in [5.41, 5.74) is 12.8. The number of aliphatic imine (C=N–C) groups is 1. The third-order valence-corrected chi connectivity index (χ3v) is 7.52. The van der Waals surface area contributed by atoms with Crippen LogP contribution < -0.4 is 22.1 Å². The molecule has 1 aliphatic rings. The highest BCUT2D eigenvalue weighted by molar-refractivity contribution is 6.31. The van der Waals surface area contributed by atoms with Gasteiger partial charge in [0.2, 0.25) is 5.91 Å². The van der Waals surface area contributed by atoms with E-state index < -0.39 is 6.04 Å². The summed E-state index contributed by atoms with van der Waals surface area (Å²) >= 11 is 6.08. The Morgan fingerprint density at radius 3 is 2.62 bits per heavy atom. The molecule has 1 fully saturated rings. The Kier molecular flexibility index (Phi) is 9.79. The molecule has 0 aliphatic carbocycles. The molecule has 0 unspecified atom stereocenters. The van der Waals surface area contributed by atoms with Crippen molar-refractivity contribution < 1.29 is 9.59 Å². The molecule has 3 aromatic carbocycles. The van der Waals surface area contributed by atoms with Gasteiger partial charge in [0.15, 0.2) is 5.96 Å². The van der Waals surface area contributed by atoms with Crippen molar-refractivity contribution in [2.24, 2.45) is 16.5 Å². The Balaban J connectivity index is 1.44. The lowest BCUT2D eigenvalue weighted by molar-refractivity contribution is -0.133. The number of nitrogens with two attached hydrogens (primary N) is 2. The van der Waals surface area contributed by atoms with Crippen molar-refractivity contribution in [1.29, 1.82) is 0 Å². The van der Waals surface area contributed by atoms with Gasteiger partial charge in [-0.2, -0.15) is 0 Å². The van der Waals surface area contributed by atoms with Gasteiger partial charge in [-0.3, -0.25) is 14.6 Å². The number of carbonyl (C=O) groups is 2. The van der Waals surface area contributed by atoms with Crippen molar-refractivity contribution in [2.75, 3.05) is 26.2 Å². The van der Waals surface area contributed by atoms with E-state index >= 15 is 0 Å². The van der Waals surface area contributed by atoms with Crippen molar-refractivity contribution in [3.8, 4) is 0 Å². The van der Waals surface area contributed by atoms with E-state index in [1.165, 1.54) is 5.56 Å². The molecule has 3 aromatic rings. The normalized spacial score (nSPS) is 18.4. The van der Waals surface area contributed by atoms with Crippen LogP contribution in [-0.2, 0) is 4.79 Å². The summed E-state index contributed by atoms with van der Waals surface area (Å²) in [5, 5.41) is 9.11. The van der Waals surface area contributed by atoms with Crippen molar-refractivity contribution in [3.63, 3.8) is 0 Å². The summed E-state index contributed by atoms with van der Waals surface area (Å²) in [6, 6.07) is 20.9. The second-order valence-corrected chi connectivity index (χ2v) is 10.5. The smallest absolute Gasteiger partial charge is 0.251 e. The lowest BCUT2D eigenvalue weighted by atomic mass is 9.95. The number of halogens is 1. The van der Waals surface area contributed by atoms with Crippen LogP contribution in [-0.4, -0.2) is 60.9 Å². The van der Waals surface area contributed by atoms with E-state index in [4.69, 9.17) is 23.1 Å². The van der Waals surface area contributed by atoms with Gasteiger partial charge in [0.05, 0.1) is 6.04 Å². The quantitative estimate of drug-likeness (QED) is 0.227. The number of guanidine groups is 1. The van der Waals surface area contributed by atoms with Crippen LogP contribution in [0.25, 0.3) is 10.8 Å². The van der Waals surface area contributed by atoms with Gasteiger partial charge < -0.3 is 27.0 Å². The number of hydrogen-bond donors (Lipinski definition) is 4. The van der Waals surface area contributed by atoms with Gasteiger partial charge in [-0.1, -0.05) is 61.0 Å². The van der Waals surface area contributed by atoms with E-state index in [-0.39, 0.29) is 29.7 Å². The largest absolute Gasteiger partial charge is 0.370 e. The zero-order chi connectivity index (χ0) is 27.8. The van der Waals surface area contributed by atoms with Gasteiger partial charge in [0.25, 0.3) is 5.91 Å². The Hall–Kier alpha value is -3.62. The number of amides is 2. The van der Waals surface area contributed by atoms with E-state index in [0.717, 1.165) is 17.2 Å². The van der Waals surface area contributed by atoms with Gasteiger partial charge in [-0.15, -0.1) is 0 Å². The summed E-state index contributed by atoms with van der Waals surface area (Å²) in [4.78, 5) is 32.6. The molecule has 206 valence electrons. The molecule has 0 radical (unpaired) electrons. The minimum Gasteiger partial charge on any atom is -0.370 e. The Bertz CT molecular complexity index is 1310. The molecule has 0 bridgehead atoms. The average molecular weight is 549 g/mol. The predicted molar refractivity (Wildman–Crippen MR) is 158 cm³/mol. The minimum absolute atomic E-state index is 0.00419. The zero-order valence-electron chi connectivity index (χ0n) is 22.3. The van der Waals surface area contributed by atoms with E-state index in [1.54, 1.807) is 6.07 Å². The Labute approximate surface area is 234 Å². The van der Waals surface area contributed by atoms with Crippen LogP contribution in [0, 0.1) is 0 Å². The fourth-order valence-electron chi connectivity index (χ4n) is 5.09. The highest BCUT2D eigenvalue weighted by atomic mass is 35.5. The summed E-state index contributed by atoms with van der Waals surface area (Å²) in [6.45, 7) is 4.13. The fourth-order valence-corrected chi connectivity index (χ4v) is 5.27. The van der Waals surface area contributed by atoms with E-state index in [2.05, 4.69) is 34.7 Å². The molecule has 1 heterocycles. The maximum absolute atomic E-state index is 13.6. The number of nitrogens with one attached hydrogen (secondary N) is 2. The number of carbonyl (C=O) groups excluding carboxylic acids is 2. The molecule has 1 saturated heterocycles. The minimum atomic E-state index is -0.448. The van der Waals surface area contributed by atoms with Gasteiger partial charge in [-0.05, 0) is 59.9 Å². The van der Waals surface area contributed by atoms with Gasteiger partial charge in [-0.25, -0.2) is 0 Å². The van der Waals surface area contributed by atoms with Crippen molar-refractivity contribution in [3.05, 3.63) is 82.9 Å². The third kappa shape index (κ3) is 7.71. The number of rotatable bonds is 10. The molecule has 9 heteroatoms. The maximum atomic E-state index is 13.6. The van der Waals surface area contributed by atoms with E-state index in [0.29, 0.717) is 49.6 Å². The molecule has 39 heavy (non-hydrogen) atoms. The first kappa shape index (κ1) is 28.4. The summed E-state index contributed by atoms with van der Waals surface area (Å²) in [6.07, 6.45) is 2.11. The zero-order valence-corrected chi connectivity index (χ0v) is 23.0. The molecule has 1 aliphatic heterocycles. The maximum Gasteiger partial charge on any atom is 0.251 e. The van der Waals surface area contributed by atoms with Crippen LogP contribution in [0.4, 0.5) is 0 Å². The number of nitrogens with zero attached hydrogens (tertiary/aromatic N) is 2. The monoisotopic (exact) mass is 548 g/mol. The lowest BCUT2D eigenvalue weighted by Gasteiger charge is -2.28. The van der Waals surface area contributed by atoms with Crippen LogP contribution in [0.2, 0.25) is 5.02 Å². The first-order chi connectivity index (χ1) is 18.8. The van der Waals surface area contributed by atoms with Gasteiger partial charge in [0.1, 0.15) is 0 Å². The lowest BCUT2D eigenvalue weighted by Crippen LogP contribution is -2.49. The van der Waals surface area contributed by atoms with Gasteiger partial charge in [0, 0.05) is 48.7 Å². The SMILES string of the molecule is CC[C@H](CN1CC[C@@H](CNC(=O)c2ccc3cc(Cl)ccc3c2)N[C@@H](CCN=C(N)N)C1=O)c1ccccc1. The summed E-state index contributed by atoms with van der Waals surface area (Å²) in [7, 11) is 0. The predicted octanol–water partition coefficient (Wildman–Crippen LogP) is 3.64. The molecule has 8 nitrogen and oxygen atoms in total. The Morgan fingerprint density at radius 2 is 1.87 bits per heavy atom. The molecular weight excluding hydrogens is 512 g/mol. The van der Waals surface area contributed by atoms with Crippen LogP contribution >= 0.6 is 11.6 Å². The third-order valence-electron chi connectivity index (χ3n) is 7.28. The van der Waals surface area contributed by atoms with Crippen LogP contribution in [0.1, 0.15) is 48.0 Å². The average Bonchev–Trinajstić information content (AvgIpc) is 3.08. The van der Waals surface area contributed by atoms with Crippen molar-refractivity contribution in [2.45, 2.75) is 44.2 Å². The second-order valence-electron chi connectivity index (χ2n) is 10.0. The standard InChI is InChI=1S/C30H37ClN6O2/c1-2-20(21-6-4-3-5-7-21)19-37-15-13-26(36-27(29(37)39)12-14-34-30(32)33)18-35-28(38)24-9-8-23-17-25(31)11-10-22(23)16-24/h3-11,16-17,20,26-27,36H,2,12-15,18-19H2,1H3,(H,35,38)(H4,32,33,34)/t20-,26+,27+/m1/s1. The van der Waals surface area contributed by atoms with Crippen LogP contribution in [0.3, 0.4) is 0 Å². The molecule has 2 amide bonds. The molecule has 4 rings (SSSR count). The first-order valence-electron chi connectivity index (χ1n) is 13.5. The van der Waals surface area contributed by atoms with E-state index in [9.17, 15) is 9.59 Å². The topological polar surface area (TPSA) is 126 Å². The first-order valence-corrected chi connectivity index (χ1v) is 13.8. The number of fused-ring (bicyclic) bond motifs is 1. The molecule has 6 N–H and O–H groups in total. The number of benzene rings is 3. The molecule has 3 atom stereocenters. The van der Waals surface area contributed by atoms with Crippen LogP contribution in [0.5, 0.6) is 0 Å². The van der Waals surface area contributed by atoms with E-state index in [1.807, 2.05) is 53.4 Å². The van der Waals surface area contributed by atoms with Crippen molar-refractivity contribution >= 4 is 40.1 Å². The molecule has 0 spiro atoms. The molecule has 0 aromatic heterocycles. The van der Waals surface area contributed by atoms with Gasteiger partial charge >= 0.3 is 0 Å². The fraction of sp³-hybridized carbons (Fsp3) is 0.367. The highest BCUT2D eigenvalue weighted by Gasteiger charge is 2.32. The highest BCUT2D eigenvalue weighted by Crippen LogP contribution is 2.23. The second kappa shape index (κ2) is 13.4. The molecular formula is C30H37ClN6O2. The Morgan fingerprint density at radius 1 is 1.13 bits per heavy atom. The summed E-state index contributed by atoms with van der Waals surface area (Å²) in [5.74, 6) is 0.127. The number of hydrogen-bond acceptors (Lipinski definition) is 4.